The number of methoxy groups -OCH3 is 2. The van der Waals surface area contributed by atoms with E-state index in [2.05, 4.69) is 4.90 Å². The fraction of sp³-hybridized carbons (Fsp3) is 0.400. The Bertz CT molecular complexity index is 862. The van der Waals surface area contributed by atoms with Crippen LogP contribution in [-0.2, 0) is 10.0 Å². The molecule has 1 heterocycles. The minimum Gasteiger partial charge on any atom is -0.497 e. The number of hydrogen-bond donors (Lipinski definition) is 0. The minimum absolute atomic E-state index is 0.0479. The molecule has 0 N–H and O–H groups in total. The van der Waals surface area contributed by atoms with Crippen molar-refractivity contribution < 1.29 is 22.6 Å². The van der Waals surface area contributed by atoms with E-state index in [4.69, 9.17) is 14.2 Å². The molecule has 1 aliphatic rings. The van der Waals surface area contributed by atoms with Crippen LogP contribution in [0.15, 0.2) is 48.5 Å². The van der Waals surface area contributed by atoms with Crippen LogP contribution < -0.4 is 19.1 Å². The van der Waals surface area contributed by atoms with Gasteiger partial charge in [0.2, 0.25) is 10.0 Å². The Morgan fingerprint density at radius 3 is 2.14 bits per heavy atom. The number of ether oxygens (including phenoxy) is 3. The molecule has 2 aromatic carbocycles. The highest BCUT2D eigenvalue weighted by molar-refractivity contribution is 7.89. The van der Waals surface area contributed by atoms with Gasteiger partial charge in [-0.1, -0.05) is 12.1 Å². The zero-order chi connectivity index (χ0) is 20.0. The lowest BCUT2D eigenvalue weighted by Gasteiger charge is -2.35. The standard InChI is InChI=1S/C20H26N2O5S/c1-25-17-7-9-18(10-8-17)27-15-16-28(23,24)22-13-11-21(12-14-22)19-5-3-4-6-20(19)26-2/h3-10H,11-16H2,1-2H3. The predicted molar refractivity (Wildman–Crippen MR) is 109 cm³/mol. The summed E-state index contributed by atoms with van der Waals surface area (Å²) in [6, 6.07) is 14.9. The van der Waals surface area contributed by atoms with Gasteiger partial charge in [-0.3, -0.25) is 0 Å². The van der Waals surface area contributed by atoms with Gasteiger partial charge in [0.05, 0.1) is 25.7 Å². The van der Waals surface area contributed by atoms with Crippen molar-refractivity contribution in [1.82, 2.24) is 4.31 Å². The predicted octanol–water partition coefficient (Wildman–Crippen LogP) is 2.23. The lowest BCUT2D eigenvalue weighted by atomic mass is 10.2. The molecule has 8 heteroatoms. The number of rotatable bonds is 8. The molecule has 7 nitrogen and oxygen atoms in total. The number of sulfonamides is 1. The van der Waals surface area contributed by atoms with E-state index in [-0.39, 0.29) is 12.4 Å². The van der Waals surface area contributed by atoms with Crippen molar-refractivity contribution in [3.8, 4) is 17.2 Å². The van der Waals surface area contributed by atoms with Gasteiger partial charge in [0, 0.05) is 26.2 Å². The van der Waals surface area contributed by atoms with Gasteiger partial charge in [-0.05, 0) is 36.4 Å². The molecule has 3 rings (SSSR count). The molecular formula is C20H26N2O5S. The highest BCUT2D eigenvalue weighted by Gasteiger charge is 2.27. The highest BCUT2D eigenvalue weighted by Crippen LogP contribution is 2.28. The maximum atomic E-state index is 12.6. The third-order valence-corrected chi connectivity index (χ3v) is 6.56. The largest absolute Gasteiger partial charge is 0.497 e. The SMILES string of the molecule is COc1ccc(OCCS(=O)(=O)N2CCN(c3ccccc3OC)CC2)cc1. The quantitative estimate of drug-likeness (QED) is 0.670. The van der Waals surface area contributed by atoms with Crippen molar-refractivity contribution in [2.24, 2.45) is 0 Å². The highest BCUT2D eigenvalue weighted by atomic mass is 32.2. The van der Waals surface area contributed by atoms with Crippen LogP contribution in [-0.4, -0.2) is 65.5 Å². The molecule has 28 heavy (non-hydrogen) atoms. The van der Waals surface area contributed by atoms with E-state index >= 15 is 0 Å². The van der Waals surface area contributed by atoms with Crippen LogP contribution in [0.25, 0.3) is 0 Å². The van der Waals surface area contributed by atoms with E-state index in [0.29, 0.717) is 31.9 Å². The van der Waals surface area contributed by atoms with Crippen LogP contribution in [0.5, 0.6) is 17.2 Å². The summed E-state index contributed by atoms with van der Waals surface area (Å²) in [7, 11) is -0.127. The van der Waals surface area contributed by atoms with E-state index < -0.39 is 10.0 Å². The lowest BCUT2D eigenvalue weighted by Crippen LogP contribution is -2.49. The molecule has 0 amide bonds. The molecular weight excluding hydrogens is 380 g/mol. The molecule has 0 aromatic heterocycles. The summed E-state index contributed by atoms with van der Waals surface area (Å²) in [6.07, 6.45) is 0. The molecule has 1 aliphatic heterocycles. The smallest absolute Gasteiger partial charge is 0.217 e. The molecule has 1 saturated heterocycles. The average molecular weight is 407 g/mol. The fourth-order valence-electron chi connectivity index (χ4n) is 3.16. The summed E-state index contributed by atoms with van der Waals surface area (Å²) in [5.74, 6) is 2.10. The van der Waals surface area contributed by atoms with Gasteiger partial charge in [-0.2, -0.15) is 4.31 Å². The van der Waals surface area contributed by atoms with Crippen LogP contribution >= 0.6 is 0 Å². The zero-order valence-electron chi connectivity index (χ0n) is 16.2. The normalized spacial score (nSPS) is 15.3. The van der Waals surface area contributed by atoms with Gasteiger partial charge in [0.15, 0.2) is 0 Å². The Morgan fingerprint density at radius 2 is 1.50 bits per heavy atom. The maximum Gasteiger partial charge on any atom is 0.217 e. The Hall–Kier alpha value is -2.45. The van der Waals surface area contributed by atoms with Crippen molar-refractivity contribution in [3.63, 3.8) is 0 Å². The number of para-hydroxylation sites is 2. The number of piperazine rings is 1. The second-order valence-corrected chi connectivity index (χ2v) is 8.49. The van der Waals surface area contributed by atoms with Gasteiger partial charge in [-0.15, -0.1) is 0 Å². The summed E-state index contributed by atoms with van der Waals surface area (Å²) < 4.78 is 42.8. The van der Waals surface area contributed by atoms with Crippen molar-refractivity contribution >= 4 is 15.7 Å². The summed E-state index contributed by atoms with van der Waals surface area (Å²) in [6.45, 7) is 2.26. The van der Waals surface area contributed by atoms with E-state index in [9.17, 15) is 8.42 Å². The van der Waals surface area contributed by atoms with Crippen LogP contribution in [0.1, 0.15) is 0 Å². The first-order valence-corrected chi connectivity index (χ1v) is 10.8. The molecule has 0 aliphatic carbocycles. The van der Waals surface area contributed by atoms with Gasteiger partial charge in [-0.25, -0.2) is 8.42 Å². The first kappa shape index (κ1) is 20.3. The molecule has 2 aromatic rings. The molecule has 1 fully saturated rings. The topological polar surface area (TPSA) is 68.3 Å². The minimum atomic E-state index is -3.36. The third kappa shape index (κ3) is 4.88. The van der Waals surface area contributed by atoms with E-state index in [1.54, 1.807) is 38.5 Å². The van der Waals surface area contributed by atoms with Crippen molar-refractivity contribution in [2.75, 3.05) is 57.7 Å². The van der Waals surface area contributed by atoms with E-state index in [0.717, 1.165) is 17.2 Å². The Labute approximate surface area is 166 Å². The van der Waals surface area contributed by atoms with Crippen molar-refractivity contribution in [3.05, 3.63) is 48.5 Å². The number of anilines is 1. The summed E-state index contributed by atoms with van der Waals surface area (Å²) >= 11 is 0. The fourth-order valence-corrected chi connectivity index (χ4v) is 4.44. The van der Waals surface area contributed by atoms with Crippen LogP contribution in [0.3, 0.4) is 0 Å². The number of benzene rings is 2. The second kappa shape index (κ2) is 9.16. The molecule has 0 saturated carbocycles. The van der Waals surface area contributed by atoms with Gasteiger partial charge >= 0.3 is 0 Å². The zero-order valence-corrected chi connectivity index (χ0v) is 17.0. The molecule has 0 bridgehead atoms. The first-order valence-electron chi connectivity index (χ1n) is 9.16. The number of hydrogen-bond acceptors (Lipinski definition) is 6. The van der Waals surface area contributed by atoms with Crippen molar-refractivity contribution in [1.29, 1.82) is 0 Å². The monoisotopic (exact) mass is 406 g/mol. The van der Waals surface area contributed by atoms with Crippen molar-refractivity contribution in [2.45, 2.75) is 0 Å². The van der Waals surface area contributed by atoms with Gasteiger partial charge in [0.25, 0.3) is 0 Å². The third-order valence-electron chi connectivity index (χ3n) is 4.73. The average Bonchev–Trinajstić information content (AvgIpc) is 2.74. The summed E-state index contributed by atoms with van der Waals surface area (Å²) in [5, 5.41) is 0. The summed E-state index contributed by atoms with van der Waals surface area (Å²) in [4.78, 5) is 2.15. The number of nitrogens with zero attached hydrogens (tertiary/aromatic N) is 2. The molecule has 0 unspecified atom stereocenters. The Kier molecular flexibility index (Phi) is 6.64. The molecule has 0 spiro atoms. The van der Waals surface area contributed by atoms with Gasteiger partial charge in [0.1, 0.15) is 23.9 Å². The van der Waals surface area contributed by atoms with Crippen LogP contribution in [0, 0.1) is 0 Å². The van der Waals surface area contributed by atoms with E-state index in [1.807, 2.05) is 24.3 Å². The van der Waals surface area contributed by atoms with E-state index in [1.165, 1.54) is 4.31 Å². The van der Waals surface area contributed by atoms with Crippen LogP contribution in [0.2, 0.25) is 0 Å². The molecule has 152 valence electrons. The Balaban J connectivity index is 1.51. The Morgan fingerprint density at radius 1 is 0.857 bits per heavy atom. The molecule has 0 atom stereocenters. The maximum absolute atomic E-state index is 12.6. The lowest BCUT2D eigenvalue weighted by molar-refractivity contribution is 0.330. The molecule has 0 radical (unpaired) electrons. The summed E-state index contributed by atoms with van der Waals surface area (Å²) in [5.41, 5.74) is 0.991. The first-order chi connectivity index (χ1) is 13.5. The van der Waals surface area contributed by atoms with Crippen LogP contribution in [0.4, 0.5) is 5.69 Å². The second-order valence-electron chi connectivity index (χ2n) is 6.40. The van der Waals surface area contributed by atoms with Gasteiger partial charge < -0.3 is 19.1 Å².